The molecule has 0 aliphatic carbocycles. The van der Waals surface area contributed by atoms with Crippen LogP contribution < -0.4 is 26.3 Å². The van der Waals surface area contributed by atoms with Crippen molar-refractivity contribution in [1.82, 2.24) is 28.7 Å². The van der Waals surface area contributed by atoms with E-state index in [4.69, 9.17) is 51.9 Å². The molecule has 10 rings (SSSR count). The quantitative estimate of drug-likeness (QED) is 0.0133. The lowest BCUT2D eigenvalue weighted by Gasteiger charge is -2.10. The van der Waals surface area contributed by atoms with Crippen LogP contribution >= 0.6 is 27.5 Å². The number of nitrogens with one attached hydrogen (secondary N) is 2. The molecule has 23 nitrogen and oxygen atoms in total. The number of alkyl halides is 1. The Hall–Kier alpha value is -8.88. The number of non-ortho nitro benzene ring substituents is 2. The van der Waals surface area contributed by atoms with Crippen molar-refractivity contribution in [3.63, 3.8) is 0 Å². The van der Waals surface area contributed by atoms with Crippen LogP contribution in [0.1, 0.15) is 21.8 Å². The Labute approximate surface area is 519 Å². The highest BCUT2D eigenvalue weighted by Crippen LogP contribution is 2.31. The topological polar surface area (TPSA) is 299 Å². The van der Waals surface area contributed by atoms with Gasteiger partial charge in [-0.15, -0.1) is 0 Å². The van der Waals surface area contributed by atoms with Gasteiger partial charge in [0.05, 0.1) is 82.4 Å². The predicted octanol–water partition coefficient (Wildman–Crippen LogP) is 13.4. The average molecular weight is 1290 g/mol. The van der Waals surface area contributed by atoms with Crippen molar-refractivity contribution in [2.45, 2.75) is 41.4 Å². The summed E-state index contributed by atoms with van der Waals surface area (Å²) >= 11 is 8.92. The van der Waals surface area contributed by atoms with E-state index in [0.29, 0.717) is 41.1 Å². The SMILES string of the molecule is C.C.C=CC(=O)Nc1cccc(Oc2nc(Cl)ncc2OC)c1.CCO.COCCBr.COCCn1ccc2c(N)cccc21.COCCn1ccc2c(N)cccc21.COCCn1ccc2c([N+](=O)[O-])cccc21.O=[N+]([O-])c1cccc2[nH]ccc12. The number of methoxy groups -OCH3 is 5. The number of benzene rings is 5. The fourth-order valence-electron chi connectivity index (χ4n) is 7.81. The highest BCUT2D eigenvalue weighted by molar-refractivity contribution is 9.09. The molecular formula is C62H79BrClN11O12. The number of halogens is 2. The van der Waals surface area contributed by atoms with E-state index in [2.05, 4.69) is 68.8 Å². The molecule has 0 fully saturated rings. The molecule has 0 atom stereocenters. The van der Waals surface area contributed by atoms with E-state index in [1.54, 1.807) is 90.1 Å². The molecule has 5 aromatic carbocycles. The van der Waals surface area contributed by atoms with E-state index in [1.165, 1.54) is 42.5 Å². The highest BCUT2D eigenvalue weighted by atomic mass is 79.9. The molecule has 5 aromatic heterocycles. The van der Waals surface area contributed by atoms with Gasteiger partial charge in [0.1, 0.15) is 5.75 Å². The van der Waals surface area contributed by atoms with Crippen molar-refractivity contribution >= 4 is 105 Å². The van der Waals surface area contributed by atoms with Crippen molar-refractivity contribution < 1.29 is 48.2 Å². The maximum Gasteiger partial charge on any atom is 0.278 e. The number of nitro benzene ring substituents is 2. The Morgan fingerprint density at radius 2 is 1.16 bits per heavy atom. The van der Waals surface area contributed by atoms with Gasteiger partial charge in [0.15, 0.2) is 5.75 Å². The Balaban J connectivity index is 0.000000361. The van der Waals surface area contributed by atoms with Crippen molar-refractivity contribution in [1.29, 1.82) is 0 Å². The minimum atomic E-state index is -0.379. The molecule has 0 saturated carbocycles. The number of carbonyl (C=O) groups is 1. The van der Waals surface area contributed by atoms with Crippen LogP contribution in [0.4, 0.5) is 28.4 Å². The monoisotopic (exact) mass is 1280 g/mol. The van der Waals surface area contributed by atoms with Crippen LogP contribution in [0, 0.1) is 20.2 Å². The lowest BCUT2D eigenvalue weighted by atomic mass is 10.2. The van der Waals surface area contributed by atoms with Gasteiger partial charge in [0.25, 0.3) is 17.3 Å². The van der Waals surface area contributed by atoms with Gasteiger partial charge in [-0.3, -0.25) is 25.0 Å². The maximum absolute atomic E-state index is 11.3. The number of amides is 1. The van der Waals surface area contributed by atoms with Crippen LogP contribution in [0.5, 0.6) is 17.4 Å². The second kappa shape index (κ2) is 40.4. The summed E-state index contributed by atoms with van der Waals surface area (Å²) in [6, 6.07) is 36.3. The molecular weight excluding hydrogens is 1210 g/mol. The zero-order valence-electron chi connectivity index (χ0n) is 48.1. The second-order valence-electron chi connectivity index (χ2n) is 17.3. The van der Waals surface area contributed by atoms with E-state index in [9.17, 15) is 25.0 Å². The van der Waals surface area contributed by atoms with Crippen LogP contribution in [0.25, 0.3) is 43.6 Å². The number of nitrogens with zero attached hydrogens (tertiary/aromatic N) is 7. The van der Waals surface area contributed by atoms with Gasteiger partial charge in [-0.25, -0.2) is 4.98 Å². The van der Waals surface area contributed by atoms with E-state index in [-0.39, 0.29) is 59.8 Å². The number of nitrogens with two attached hydrogens (primary N) is 2. The number of anilines is 3. The standard InChI is InChI=1S/C14H12ClN3O3.C11H12N2O3.2C11H14N2O.C8H6N2O2.C3H7BrO.C2H6O.2CH4/c1-3-12(19)17-9-5-4-6-10(7-9)21-13-11(20-2)8-16-14(15)18-13;1-16-8-7-12-6-5-9-10(12)3-2-4-11(9)13(14)15;2*1-14-8-7-13-6-5-9-10(12)3-2-4-11(9)13;11-10(12)8-3-1-2-7-6(8)4-5-9-7;1-5-3-2-4;1-2-3;;/h3-8H,1H2,2H3,(H,17,19);2-6H,7-8H2,1H3;2*2-6H,7-8,12H2,1H3;1-5,9H;2-3H2,1H3;3H,2H2,1H3;2*1H4. The molecule has 5 heterocycles. The molecule has 25 heteroatoms. The first-order valence-electron chi connectivity index (χ1n) is 26.1. The molecule has 0 aliphatic rings. The number of fused-ring (bicyclic) bond motifs is 4. The number of H-pyrrole nitrogens is 1. The number of ether oxygens (including phenoxy) is 6. The number of aromatic amines is 1. The van der Waals surface area contributed by atoms with Crippen LogP contribution in [0.15, 0.2) is 165 Å². The first-order valence-corrected chi connectivity index (χ1v) is 27.6. The molecule has 0 radical (unpaired) electrons. The van der Waals surface area contributed by atoms with Crippen LogP contribution in [0.2, 0.25) is 5.28 Å². The summed E-state index contributed by atoms with van der Waals surface area (Å²) in [6.45, 7) is 10.6. The van der Waals surface area contributed by atoms with E-state index in [0.717, 1.165) is 71.4 Å². The second-order valence-corrected chi connectivity index (χ2v) is 18.5. The average Bonchev–Trinajstić information content (AvgIpc) is 4.45. The molecule has 0 bridgehead atoms. The van der Waals surface area contributed by atoms with Crippen molar-refractivity contribution in [2.75, 3.05) is 90.7 Å². The Morgan fingerprint density at radius 3 is 1.62 bits per heavy atom. The van der Waals surface area contributed by atoms with Crippen molar-refractivity contribution in [3.8, 4) is 17.4 Å². The third-order valence-electron chi connectivity index (χ3n) is 11.8. The third kappa shape index (κ3) is 23.1. The summed E-state index contributed by atoms with van der Waals surface area (Å²) in [4.78, 5) is 42.5. The Morgan fingerprint density at radius 1 is 0.701 bits per heavy atom. The van der Waals surface area contributed by atoms with Gasteiger partial charge in [-0.05, 0) is 97.4 Å². The molecule has 10 aromatic rings. The predicted molar refractivity (Wildman–Crippen MR) is 353 cm³/mol. The minimum Gasteiger partial charge on any atom is -0.490 e. The summed E-state index contributed by atoms with van der Waals surface area (Å²) in [7, 11) is 8.20. The number of rotatable bonds is 18. The number of nitro groups is 2. The summed E-state index contributed by atoms with van der Waals surface area (Å²) in [6.07, 6.45) is 10.2. The van der Waals surface area contributed by atoms with E-state index in [1.807, 2.05) is 71.7 Å². The number of carbonyl (C=O) groups excluding carboxylic acids is 1. The smallest absolute Gasteiger partial charge is 0.278 e. The molecule has 7 N–H and O–H groups in total. The van der Waals surface area contributed by atoms with Crippen LogP contribution in [-0.2, 0) is 43.4 Å². The zero-order valence-corrected chi connectivity index (χ0v) is 50.4. The lowest BCUT2D eigenvalue weighted by molar-refractivity contribution is -0.383. The van der Waals surface area contributed by atoms with Crippen LogP contribution in [0.3, 0.4) is 0 Å². The Bertz CT molecular complexity index is 3580. The number of nitrogen functional groups attached to an aromatic ring is 2. The first kappa shape index (κ1) is 74.2. The summed E-state index contributed by atoms with van der Waals surface area (Å²) in [5.74, 6) is 0.685. The van der Waals surface area contributed by atoms with E-state index >= 15 is 0 Å². The van der Waals surface area contributed by atoms with Crippen molar-refractivity contribution in [2.24, 2.45) is 0 Å². The minimum absolute atomic E-state index is 0. The van der Waals surface area contributed by atoms with Gasteiger partial charge in [-0.1, -0.05) is 67.7 Å². The Kier molecular flexibility index (Phi) is 34.5. The first-order chi connectivity index (χ1) is 41.1. The number of aromatic nitrogens is 6. The molecule has 0 spiro atoms. The number of hydrogen-bond donors (Lipinski definition) is 5. The summed E-state index contributed by atoms with van der Waals surface area (Å²) in [5.41, 5.74) is 18.2. The molecule has 1 amide bonds. The van der Waals surface area contributed by atoms with Gasteiger partial charge < -0.3 is 69.0 Å². The fraction of sp³-hybridized carbons (Fsp3) is 0.274. The van der Waals surface area contributed by atoms with Gasteiger partial charge >= 0.3 is 0 Å². The molecule has 0 unspecified atom stereocenters. The highest BCUT2D eigenvalue weighted by Gasteiger charge is 2.14. The lowest BCUT2D eigenvalue weighted by Crippen LogP contribution is -2.07. The number of aliphatic hydroxyl groups is 1. The summed E-state index contributed by atoms with van der Waals surface area (Å²) < 4.78 is 36.7. The van der Waals surface area contributed by atoms with Gasteiger partial charge in [0, 0.05) is 131 Å². The number of aliphatic hydroxyl groups excluding tert-OH is 1. The van der Waals surface area contributed by atoms with Gasteiger partial charge in [0.2, 0.25) is 11.2 Å². The fourth-order valence-corrected chi connectivity index (χ4v) is 8.26. The number of hydrogen-bond acceptors (Lipinski definition) is 16. The van der Waals surface area contributed by atoms with Crippen LogP contribution in [-0.4, -0.2) is 123 Å². The molecule has 468 valence electrons. The molecule has 0 saturated heterocycles. The normalized spacial score (nSPS) is 9.99. The largest absolute Gasteiger partial charge is 0.490 e. The third-order valence-corrected chi connectivity index (χ3v) is 12.3. The van der Waals surface area contributed by atoms with Crippen molar-refractivity contribution in [3.05, 3.63) is 190 Å². The molecule has 87 heavy (non-hydrogen) atoms. The van der Waals surface area contributed by atoms with E-state index < -0.39 is 0 Å². The van der Waals surface area contributed by atoms with Gasteiger partial charge in [-0.2, -0.15) is 4.98 Å². The molecule has 0 aliphatic heterocycles. The zero-order chi connectivity index (χ0) is 62.1. The summed E-state index contributed by atoms with van der Waals surface area (Å²) in [5, 5.41) is 36.0. The maximum atomic E-state index is 11.3.